The standard InChI is InChI=1S/C13H25NO4S2/c1-12(2,3)18-11(17)14(7)9(10(15)16)8-19-20-13(4,5)6/h9H,8H2,1-7H3,(H,15,16). The Bertz CT molecular complexity index is 347. The van der Waals surface area contributed by atoms with Gasteiger partial charge in [0, 0.05) is 17.5 Å². The number of carbonyl (C=O) groups is 2. The highest BCUT2D eigenvalue weighted by molar-refractivity contribution is 8.77. The molecule has 0 heterocycles. The van der Waals surface area contributed by atoms with Crippen LogP contribution in [0.25, 0.3) is 0 Å². The Hall–Kier alpha value is -0.560. The smallest absolute Gasteiger partial charge is 0.410 e. The molecule has 0 bridgehead atoms. The van der Waals surface area contributed by atoms with Crippen molar-refractivity contribution < 1.29 is 19.4 Å². The highest BCUT2D eigenvalue weighted by Crippen LogP contribution is 2.35. The molecule has 118 valence electrons. The van der Waals surface area contributed by atoms with E-state index in [2.05, 4.69) is 20.8 Å². The lowest BCUT2D eigenvalue weighted by atomic mass is 10.2. The number of hydrogen-bond acceptors (Lipinski definition) is 5. The van der Waals surface area contributed by atoms with Crippen LogP contribution in [0.15, 0.2) is 0 Å². The average Bonchev–Trinajstić information content (AvgIpc) is 2.18. The minimum absolute atomic E-state index is 0.0399. The molecule has 0 saturated heterocycles. The Morgan fingerprint density at radius 2 is 1.70 bits per heavy atom. The van der Waals surface area contributed by atoms with Gasteiger partial charge in [0.1, 0.15) is 11.6 Å². The highest BCUT2D eigenvalue weighted by Gasteiger charge is 2.30. The van der Waals surface area contributed by atoms with Crippen molar-refractivity contribution in [2.45, 2.75) is 57.9 Å². The summed E-state index contributed by atoms with van der Waals surface area (Å²) < 4.78 is 5.23. The first-order valence-electron chi connectivity index (χ1n) is 6.33. The van der Waals surface area contributed by atoms with E-state index in [0.29, 0.717) is 5.75 Å². The van der Waals surface area contributed by atoms with Crippen molar-refractivity contribution >= 4 is 33.7 Å². The normalized spacial score (nSPS) is 13.8. The maximum absolute atomic E-state index is 11.9. The van der Waals surface area contributed by atoms with E-state index in [1.54, 1.807) is 31.6 Å². The SMILES string of the molecule is CN(C(=O)OC(C)(C)C)C(CSSC(C)(C)C)C(=O)O. The fraction of sp³-hybridized carbons (Fsp3) is 0.846. The molecule has 0 aliphatic carbocycles. The van der Waals surface area contributed by atoms with E-state index in [1.807, 2.05) is 0 Å². The van der Waals surface area contributed by atoms with Gasteiger partial charge in [0.2, 0.25) is 0 Å². The average molecular weight is 323 g/mol. The van der Waals surface area contributed by atoms with E-state index in [4.69, 9.17) is 4.74 Å². The second kappa shape index (κ2) is 7.45. The highest BCUT2D eigenvalue weighted by atomic mass is 33.1. The van der Waals surface area contributed by atoms with E-state index < -0.39 is 23.7 Å². The van der Waals surface area contributed by atoms with Gasteiger partial charge in [0.15, 0.2) is 0 Å². The molecule has 0 aromatic heterocycles. The Morgan fingerprint density at radius 1 is 1.20 bits per heavy atom. The number of carbonyl (C=O) groups excluding carboxylic acids is 1. The first-order valence-corrected chi connectivity index (χ1v) is 8.64. The second-order valence-electron chi connectivity index (χ2n) is 6.43. The quantitative estimate of drug-likeness (QED) is 0.781. The Balaban J connectivity index is 4.59. The number of amides is 1. The number of likely N-dealkylation sites (N-methyl/N-ethyl adjacent to an activating group) is 1. The van der Waals surface area contributed by atoms with Crippen LogP contribution in [0.2, 0.25) is 0 Å². The van der Waals surface area contributed by atoms with Crippen LogP contribution in [-0.2, 0) is 9.53 Å². The minimum Gasteiger partial charge on any atom is -0.480 e. The zero-order valence-electron chi connectivity index (χ0n) is 13.2. The van der Waals surface area contributed by atoms with Crippen LogP contribution in [0.3, 0.4) is 0 Å². The number of nitrogens with zero attached hydrogens (tertiary/aromatic N) is 1. The molecule has 0 fully saturated rings. The van der Waals surface area contributed by atoms with Gasteiger partial charge in [-0.1, -0.05) is 42.4 Å². The molecule has 1 N–H and O–H groups in total. The zero-order valence-corrected chi connectivity index (χ0v) is 14.9. The van der Waals surface area contributed by atoms with Crippen LogP contribution < -0.4 is 0 Å². The predicted molar refractivity (Wildman–Crippen MR) is 85.2 cm³/mol. The Kier molecular flexibility index (Phi) is 7.24. The van der Waals surface area contributed by atoms with E-state index in [9.17, 15) is 14.7 Å². The number of ether oxygens (including phenoxy) is 1. The summed E-state index contributed by atoms with van der Waals surface area (Å²) in [6, 6.07) is -0.898. The van der Waals surface area contributed by atoms with Crippen molar-refractivity contribution in [3.8, 4) is 0 Å². The van der Waals surface area contributed by atoms with Crippen molar-refractivity contribution in [2.75, 3.05) is 12.8 Å². The molecule has 0 aromatic carbocycles. The molecule has 1 unspecified atom stereocenters. The molecule has 0 aliphatic rings. The van der Waals surface area contributed by atoms with Crippen molar-refractivity contribution in [1.29, 1.82) is 0 Å². The molecule has 7 heteroatoms. The molecule has 0 rings (SSSR count). The molecule has 0 spiro atoms. The van der Waals surface area contributed by atoms with Crippen molar-refractivity contribution in [3.05, 3.63) is 0 Å². The monoisotopic (exact) mass is 323 g/mol. The first-order chi connectivity index (χ1) is 8.83. The largest absolute Gasteiger partial charge is 0.480 e. The van der Waals surface area contributed by atoms with Crippen molar-refractivity contribution in [2.24, 2.45) is 0 Å². The summed E-state index contributed by atoms with van der Waals surface area (Å²) in [6.45, 7) is 11.4. The van der Waals surface area contributed by atoms with Gasteiger partial charge < -0.3 is 9.84 Å². The summed E-state index contributed by atoms with van der Waals surface area (Å²) in [5, 5.41) is 9.25. The van der Waals surface area contributed by atoms with Gasteiger partial charge in [0.25, 0.3) is 0 Å². The number of carboxylic acids is 1. The van der Waals surface area contributed by atoms with Crippen LogP contribution in [0.5, 0.6) is 0 Å². The van der Waals surface area contributed by atoms with E-state index in [1.165, 1.54) is 17.8 Å². The number of hydrogen-bond donors (Lipinski definition) is 1. The van der Waals surface area contributed by atoms with Crippen molar-refractivity contribution in [3.63, 3.8) is 0 Å². The van der Waals surface area contributed by atoms with Crippen LogP contribution >= 0.6 is 21.6 Å². The van der Waals surface area contributed by atoms with Gasteiger partial charge >= 0.3 is 12.1 Å². The van der Waals surface area contributed by atoms with E-state index in [0.717, 1.165) is 4.90 Å². The molecular formula is C13H25NO4S2. The van der Waals surface area contributed by atoms with Crippen LogP contribution in [0.1, 0.15) is 41.5 Å². The van der Waals surface area contributed by atoms with Gasteiger partial charge in [-0.05, 0) is 20.8 Å². The van der Waals surface area contributed by atoms with Crippen LogP contribution in [-0.4, -0.2) is 51.3 Å². The van der Waals surface area contributed by atoms with Gasteiger partial charge in [-0.2, -0.15) is 0 Å². The fourth-order valence-electron chi connectivity index (χ4n) is 1.09. The lowest BCUT2D eigenvalue weighted by Gasteiger charge is -2.28. The van der Waals surface area contributed by atoms with Crippen LogP contribution in [0.4, 0.5) is 4.79 Å². The Labute approximate surface area is 129 Å². The minimum atomic E-state index is -1.03. The van der Waals surface area contributed by atoms with Crippen molar-refractivity contribution in [1.82, 2.24) is 4.90 Å². The number of carboxylic acid groups (broad SMARTS) is 1. The topological polar surface area (TPSA) is 66.8 Å². The second-order valence-corrected chi connectivity index (χ2v) is 9.59. The van der Waals surface area contributed by atoms with Gasteiger partial charge in [0.05, 0.1) is 0 Å². The fourth-order valence-corrected chi connectivity index (χ4v) is 3.65. The van der Waals surface area contributed by atoms with E-state index in [-0.39, 0.29) is 4.75 Å². The summed E-state index contributed by atoms with van der Waals surface area (Å²) in [6.07, 6.45) is -0.619. The molecular weight excluding hydrogens is 298 g/mol. The molecule has 0 aromatic rings. The molecule has 0 saturated carbocycles. The molecule has 1 atom stereocenters. The van der Waals surface area contributed by atoms with Gasteiger partial charge in [-0.25, -0.2) is 9.59 Å². The molecule has 5 nitrogen and oxygen atoms in total. The summed E-state index contributed by atoms with van der Waals surface area (Å²) in [5.41, 5.74) is -0.637. The molecule has 20 heavy (non-hydrogen) atoms. The summed E-state index contributed by atoms with van der Waals surface area (Å²) in [5.74, 6) is -0.715. The van der Waals surface area contributed by atoms with Crippen LogP contribution in [0, 0.1) is 0 Å². The third kappa shape index (κ3) is 8.58. The third-order valence-corrected chi connectivity index (χ3v) is 5.30. The molecule has 0 radical (unpaired) electrons. The first kappa shape index (κ1) is 19.4. The summed E-state index contributed by atoms with van der Waals surface area (Å²) in [4.78, 5) is 24.3. The number of aliphatic carboxylic acids is 1. The predicted octanol–water partition coefficient (Wildman–Crippen LogP) is 3.49. The lowest BCUT2D eigenvalue weighted by Crippen LogP contribution is -2.46. The summed E-state index contributed by atoms with van der Waals surface area (Å²) >= 11 is 0. The van der Waals surface area contributed by atoms with E-state index >= 15 is 0 Å². The molecule has 0 aliphatic heterocycles. The summed E-state index contributed by atoms with van der Waals surface area (Å²) in [7, 11) is 4.50. The third-order valence-electron chi connectivity index (χ3n) is 1.97. The maximum Gasteiger partial charge on any atom is 0.410 e. The Morgan fingerprint density at radius 3 is 2.05 bits per heavy atom. The zero-order chi connectivity index (χ0) is 16.1. The van der Waals surface area contributed by atoms with Gasteiger partial charge in [-0.3, -0.25) is 4.90 Å². The lowest BCUT2D eigenvalue weighted by molar-refractivity contribution is -0.141. The maximum atomic E-state index is 11.9. The number of rotatable bonds is 5. The van der Waals surface area contributed by atoms with Gasteiger partial charge in [-0.15, -0.1) is 0 Å². The molecule has 1 amide bonds.